The van der Waals surface area contributed by atoms with Crippen molar-refractivity contribution in [3.05, 3.63) is 73.7 Å². The lowest BCUT2D eigenvalue weighted by atomic mass is 10.2. The summed E-state index contributed by atoms with van der Waals surface area (Å²) in [6.07, 6.45) is -3.21. The van der Waals surface area contributed by atoms with E-state index >= 15 is 0 Å². The monoisotopic (exact) mass is 470 g/mol. The Hall–Kier alpha value is -4.27. The van der Waals surface area contributed by atoms with Gasteiger partial charge in [-0.05, 0) is 18.2 Å². The van der Waals surface area contributed by atoms with Crippen LogP contribution < -0.4 is 16.2 Å². The van der Waals surface area contributed by atoms with E-state index in [2.05, 4.69) is 31.1 Å². The van der Waals surface area contributed by atoms with Crippen molar-refractivity contribution in [2.45, 2.75) is 6.18 Å². The molecule has 1 aromatic carbocycles. The van der Waals surface area contributed by atoms with E-state index in [0.717, 1.165) is 6.33 Å². The Kier molecular flexibility index (Phi) is 6.20. The van der Waals surface area contributed by atoms with Crippen molar-refractivity contribution in [2.75, 3.05) is 16.2 Å². The number of nitrogens with zero attached hydrogens (tertiary/aromatic N) is 5. The first kappa shape index (κ1) is 22.4. The summed E-state index contributed by atoms with van der Waals surface area (Å²) in [7, 11) is 0. The SMILES string of the molecule is O=[N+]([O-])c1ccc(NNc2ncnc(Nc3ncc(C(F)(F)F)cc3Cl)c2[N+](=O)[O-])cc1. The number of hydrogen-bond acceptors (Lipinski definition) is 10. The number of nitro benzene ring substituents is 1. The molecule has 2 heterocycles. The summed E-state index contributed by atoms with van der Waals surface area (Å²) in [5.41, 5.74) is 3.47. The minimum absolute atomic E-state index is 0.157. The lowest BCUT2D eigenvalue weighted by molar-refractivity contribution is -0.384. The molecule has 16 heteroatoms. The maximum Gasteiger partial charge on any atom is 0.417 e. The summed E-state index contributed by atoms with van der Waals surface area (Å²) in [4.78, 5) is 31.9. The van der Waals surface area contributed by atoms with Crippen LogP contribution in [0.1, 0.15) is 5.56 Å². The van der Waals surface area contributed by atoms with E-state index in [1.807, 2.05) is 0 Å². The Bertz CT molecular complexity index is 1180. The van der Waals surface area contributed by atoms with Crippen LogP contribution in [0.15, 0.2) is 42.9 Å². The molecule has 0 unspecified atom stereocenters. The van der Waals surface area contributed by atoms with E-state index < -0.39 is 38.1 Å². The molecular weight excluding hydrogens is 461 g/mol. The summed E-state index contributed by atoms with van der Waals surface area (Å²) >= 11 is 5.82. The average molecular weight is 471 g/mol. The summed E-state index contributed by atoms with van der Waals surface area (Å²) in [5.74, 6) is -1.00. The van der Waals surface area contributed by atoms with E-state index in [0.29, 0.717) is 18.0 Å². The molecule has 3 aromatic rings. The first-order valence-electron chi connectivity index (χ1n) is 8.32. The van der Waals surface area contributed by atoms with Crippen LogP contribution in [0.5, 0.6) is 0 Å². The molecule has 3 N–H and O–H groups in total. The molecule has 0 aliphatic carbocycles. The number of anilines is 4. The van der Waals surface area contributed by atoms with Crippen molar-refractivity contribution in [3.63, 3.8) is 0 Å². The Morgan fingerprint density at radius 1 is 0.906 bits per heavy atom. The molecule has 0 saturated carbocycles. The van der Waals surface area contributed by atoms with Crippen molar-refractivity contribution in [3.8, 4) is 0 Å². The molecule has 2 aromatic heterocycles. The van der Waals surface area contributed by atoms with E-state index in [9.17, 15) is 33.4 Å². The topological polar surface area (TPSA) is 161 Å². The molecule has 0 radical (unpaired) electrons. The predicted octanol–water partition coefficient (Wildman–Crippen LogP) is 4.54. The minimum atomic E-state index is -4.67. The second kappa shape index (κ2) is 8.84. The van der Waals surface area contributed by atoms with Gasteiger partial charge in [0.2, 0.25) is 11.6 Å². The Morgan fingerprint density at radius 2 is 1.56 bits per heavy atom. The number of rotatable bonds is 7. The van der Waals surface area contributed by atoms with Gasteiger partial charge in [-0.15, -0.1) is 0 Å². The van der Waals surface area contributed by atoms with Gasteiger partial charge >= 0.3 is 11.9 Å². The van der Waals surface area contributed by atoms with Crippen LogP contribution in [-0.2, 0) is 6.18 Å². The van der Waals surface area contributed by atoms with Crippen LogP contribution in [0.25, 0.3) is 0 Å². The normalized spacial score (nSPS) is 11.0. The fraction of sp³-hybridized carbons (Fsp3) is 0.0625. The quantitative estimate of drug-likeness (QED) is 0.330. The summed E-state index contributed by atoms with van der Waals surface area (Å²) < 4.78 is 38.3. The molecule has 12 nitrogen and oxygen atoms in total. The second-order valence-electron chi connectivity index (χ2n) is 5.91. The van der Waals surface area contributed by atoms with Crippen molar-refractivity contribution in [1.29, 1.82) is 0 Å². The molecule has 0 amide bonds. The highest BCUT2D eigenvalue weighted by atomic mass is 35.5. The third kappa shape index (κ3) is 5.07. The molecule has 0 aliphatic heterocycles. The van der Waals surface area contributed by atoms with Crippen molar-refractivity contribution in [1.82, 2.24) is 15.0 Å². The maximum absolute atomic E-state index is 12.8. The van der Waals surface area contributed by atoms with Gasteiger partial charge in [-0.1, -0.05) is 11.6 Å². The zero-order valence-corrected chi connectivity index (χ0v) is 16.2. The molecule has 32 heavy (non-hydrogen) atoms. The Labute approximate surface area is 180 Å². The Balaban J connectivity index is 1.85. The van der Waals surface area contributed by atoms with Crippen LogP contribution >= 0.6 is 11.6 Å². The zero-order chi connectivity index (χ0) is 23.5. The largest absolute Gasteiger partial charge is 0.417 e. The number of benzene rings is 1. The molecule has 0 atom stereocenters. The van der Waals surface area contributed by atoms with Crippen LogP contribution in [0.2, 0.25) is 5.02 Å². The highest BCUT2D eigenvalue weighted by Gasteiger charge is 2.32. The lowest BCUT2D eigenvalue weighted by Crippen LogP contribution is -2.14. The number of non-ortho nitro benzene ring substituents is 1. The minimum Gasteiger partial charge on any atom is -0.318 e. The number of alkyl halides is 3. The lowest BCUT2D eigenvalue weighted by Gasteiger charge is -2.12. The number of aromatic nitrogens is 3. The van der Waals surface area contributed by atoms with Crippen LogP contribution in [0.4, 0.5) is 47.7 Å². The van der Waals surface area contributed by atoms with Gasteiger partial charge in [0.25, 0.3) is 5.69 Å². The molecule has 0 aliphatic rings. The fourth-order valence-corrected chi connectivity index (χ4v) is 2.54. The third-order valence-electron chi connectivity index (χ3n) is 3.81. The predicted molar refractivity (Wildman–Crippen MR) is 107 cm³/mol. The van der Waals surface area contributed by atoms with Crippen molar-refractivity contribution in [2.24, 2.45) is 0 Å². The van der Waals surface area contributed by atoms with Crippen molar-refractivity contribution >= 4 is 46.1 Å². The fourth-order valence-electron chi connectivity index (χ4n) is 2.33. The molecule has 0 bridgehead atoms. The molecular formula is C16H10ClF3N8O4. The number of pyridine rings is 1. The van der Waals surface area contributed by atoms with Gasteiger partial charge < -0.3 is 5.32 Å². The van der Waals surface area contributed by atoms with Gasteiger partial charge in [-0.3, -0.25) is 31.1 Å². The number of hydrogen-bond donors (Lipinski definition) is 3. The first-order valence-corrected chi connectivity index (χ1v) is 8.69. The summed E-state index contributed by atoms with van der Waals surface area (Å²) in [6.45, 7) is 0. The number of halogens is 4. The smallest absolute Gasteiger partial charge is 0.318 e. The van der Waals surface area contributed by atoms with E-state index in [4.69, 9.17) is 11.6 Å². The van der Waals surface area contributed by atoms with E-state index in [1.165, 1.54) is 24.3 Å². The molecule has 0 fully saturated rings. The van der Waals surface area contributed by atoms with Gasteiger partial charge in [-0.2, -0.15) is 13.2 Å². The van der Waals surface area contributed by atoms with E-state index in [-0.39, 0.29) is 17.3 Å². The molecule has 0 saturated heterocycles. The highest BCUT2D eigenvalue weighted by Crippen LogP contribution is 2.35. The van der Waals surface area contributed by atoms with Crippen molar-refractivity contribution < 1.29 is 23.0 Å². The van der Waals surface area contributed by atoms with Gasteiger partial charge in [0, 0.05) is 18.3 Å². The van der Waals surface area contributed by atoms with Gasteiger partial charge in [0.15, 0.2) is 5.82 Å². The summed E-state index contributed by atoms with van der Waals surface area (Å²) in [6, 6.07) is 5.74. The average Bonchev–Trinajstić information content (AvgIpc) is 2.73. The van der Waals surface area contributed by atoms with E-state index in [1.54, 1.807) is 0 Å². The Morgan fingerprint density at radius 3 is 2.12 bits per heavy atom. The second-order valence-corrected chi connectivity index (χ2v) is 6.31. The highest BCUT2D eigenvalue weighted by molar-refractivity contribution is 6.33. The molecule has 3 rings (SSSR count). The first-order chi connectivity index (χ1) is 15.1. The number of nitro groups is 2. The third-order valence-corrected chi connectivity index (χ3v) is 4.10. The maximum atomic E-state index is 12.8. The number of nitrogens with one attached hydrogen (secondary N) is 3. The number of hydrazine groups is 1. The van der Waals surface area contributed by atoms with Gasteiger partial charge in [0.1, 0.15) is 6.33 Å². The van der Waals surface area contributed by atoms with Gasteiger partial charge in [0.05, 0.1) is 26.1 Å². The van der Waals surface area contributed by atoms with Crippen LogP contribution in [0.3, 0.4) is 0 Å². The summed E-state index contributed by atoms with van der Waals surface area (Å²) in [5, 5.41) is 24.2. The molecule has 0 spiro atoms. The van der Waals surface area contributed by atoms with Crippen LogP contribution in [0, 0.1) is 20.2 Å². The molecule has 166 valence electrons. The van der Waals surface area contributed by atoms with Gasteiger partial charge in [-0.25, -0.2) is 15.0 Å². The standard InChI is InChI=1S/C16H10ClF3N8O4/c17-11-5-8(16(18,19)20)6-21-13(11)24-14-12(28(31)32)15(23-7-22-14)26-25-9-1-3-10(4-2-9)27(29)30/h1-7,25H,(H2,21,22,23,24,26). The zero-order valence-electron chi connectivity index (χ0n) is 15.4. The van der Waals surface area contributed by atoms with Crippen LogP contribution in [-0.4, -0.2) is 24.8 Å².